The maximum Gasteiger partial charge on any atom is 0.315 e. The van der Waals surface area contributed by atoms with Crippen molar-refractivity contribution in [3.8, 4) is 0 Å². The number of carbonyl (C=O) groups is 2. The lowest BCUT2D eigenvalue weighted by Gasteiger charge is -2.40. The number of nitrogens with one attached hydrogen (secondary N) is 2. The minimum absolute atomic E-state index is 0.000850. The number of methoxy groups -OCH3 is 1. The molecule has 4 atom stereocenters. The van der Waals surface area contributed by atoms with E-state index in [4.69, 9.17) is 4.74 Å². The molecular formula is C21H27N3O3. The summed E-state index contributed by atoms with van der Waals surface area (Å²) in [6.07, 6.45) is 2.68. The van der Waals surface area contributed by atoms with E-state index in [1.54, 1.807) is 0 Å². The molecule has 2 amide bonds. The fraction of sp³-hybridized carbons (Fsp3) is 0.524. The van der Waals surface area contributed by atoms with Gasteiger partial charge in [-0.3, -0.25) is 4.79 Å². The highest BCUT2D eigenvalue weighted by Crippen LogP contribution is 2.49. The van der Waals surface area contributed by atoms with Gasteiger partial charge in [-0.25, -0.2) is 4.79 Å². The maximum absolute atomic E-state index is 12.3. The van der Waals surface area contributed by atoms with Crippen molar-refractivity contribution >= 4 is 22.9 Å². The number of urea groups is 1. The molecule has 1 aromatic carbocycles. The van der Waals surface area contributed by atoms with Crippen molar-refractivity contribution in [3.05, 3.63) is 35.5 Å². The summed E-state index contributed by atoms with van der Waals surface area (Å²) in [5, 5.41) is 7.23. The van der Waals surface area contributed by atoms with Crippen LogP contribution in [0, 0.1) is 24.7 Å². The fourth-order valence-corrected chi connectivity index (χ4v) is 4.80. The normalized spacial score (nSPS) is 26.3. The summed E-state index contributed by atoms with van der Waals surface area (Å²) in [6, 6.07) is 8.47. The number of hydrogen-bond donors (Lipinski definition) is 2. The molecule has 144 valence electrons. The van der Waals surface area contributed by atoms with Gasteiger partial charge in [0.1, 0.15) is 0 Å². The first-order valence-electron chi connectivity index (χ1n) is 9.63. The SMILES string of the molecule is COC(=O)C1CC2CC(NC(=O)NCc3ccc4c(c3)cc(C)n4C)C2C1. The van der Waals surface area contributed by atoms with Crippen molar-refractivity contribution in [1.82, 2.24) is 15.2 Å². The Hall–Kier alpha value is -2.50. The minimum Gasteiger partial charge on any atom is -0.469 e. The van der Waals surface area contributed by atoms with Gasteiger partial charge in [0.05, 0.1) is 13.0 Å². The smallest absolute Gasteiger partial charge is 0.315 e. The predicted molar refractivity (Wildman–Crippen MR) is 103 cm³/mol. The van der Waals surface area contributed by atoms with Crippen molar-refractivity contribution in [2.24, 2.45) is 24.8 Å². The summed E-state index contributed by atoms with van der Waals surface area (Å²) in [5.74, 6) is 0.840. The molecule has 2 saturated carbocycles. The van der Waals surface area contributed by atoms with E-state index in [-0.39, 0.29) is 24.0 Å². The lowest BCUT2D eigenvalue weighted by atomic mass is 9.71. The quantitative estimate of drug-likeness (QED) is 0.814. The molecule has 0 radical (unpaired) electrons. The summed E-state index contributed by atoms with van der Waals surface area (Å²) in [7, 11) is 3.50. The van der Waals surface area contributed by atoms with Gasteiger partial charge >= 0.3 is 12.0 Å². The van der Waals surface area contributed by atoms with Gasteiger partial charge in [-0.1, -0.05) is 6.07 Å². The van der Waals surface area contributed by atoms with Crippen LogP contribution in [-0.4, -0.2) is 29.7 Å². The van der Waals surface area contributed by atoms with E-state index in [0.29, 0.717) is 18.4 Å². The van der Waals surface area contributed by atoms with Gasteiger partial charge in [0.2, 0.25) is 0 Å². The summed E-state index contributed by atoms with van der Waals surface area (Å²) in [5.41, 5.74) is 3.50. The van der Waals surface area contributed by atoms with E-state index in [1.807, 2.05) is 0 Å². The molecule has 2 N–H and O–H groups in total. The first-order chi connectivity index (χ1) is 13.0. The zero-order chi connectivity index (χ0) is 19.1. The van der Waals surface area contributed by atoms with Crippen LogP contribution in [0.5, 0.6) is 0 Å². The third kappa shape index (κ3) is 3.29. The zero-order valence-corrected chi connectivity index (χ0v) is 16.1. The molecule has 0 aliphatic heterocycles. The van der Waals surface area contributed by atoms with E-state index >= 15 is 0 Å². The van der Waals surface area contributed by atoms with Gasteiger partial charge in [-0.05, 0) is 61.8 Å². The molecule has 0 spiro atoms. The number of nitrogens with zero attached hydrogens (tertiary/aromatic N) is 1. The van der Waals surface area contributed by atoms with E-state index in [9.17, 15) is 9.59 Å². The molecule has 0 saturated heterocycles. The van der Waals surface area contributed by atoms with Gasteiger partial charge in [0, 0.05) is 36.2 Å². The zero-order valence-electron chi connectivity index (χ0n) is 16.1. The molecule has 4 unspecified atom stereocenters. The molecule has 6 nitrogen and oxygen atoms in total. The second-order valence-electron chi connectivity index (χ2n) is 8.02. The summed E-state index contributed by atoms with van der Waals surface area (Å²) in [4.78, 5) is 24.0. The van der Waals surface area contributed by atoms with Crippen molar-refractivity contribution < 1.29 is 14.3 Å². The molecule has 2 aliphatic rings. The largest absolute Gasteiger partial charge is 0.469 e. The standard InChI is InChI=1S/C21H27N3O3/c1-12-6-15-7-13(4-5-19(15)24(12)2)11-22-21(26)23-18-10-14-8-16(9-17(14)18)20(25)27-3/h4-7,14,16-18H,8-11H2,1-3H3,(H2,22,23,26). The number of aromatic nitrogens is 1. The number of carbonyl (C=O) groups excluding carboxylic acids is 2. The average Bonchev–Trinajstić information content (AvgIpc) is 3.14. The second kappa shape index (κ2) is 6.91. The van der Waals surface area contributed by atoms with Gasteiger partial charge in [0.25, 0.3) is 0 Å². The molecule has 1 aromatic heterocycles. The molecule has 0 bridgehead atoms. The molecule has 2 aromatic rings. The number of rotatable bonds is 4. The fourth-order valence-electron chi connectivity index (χ4n) is 4.80. The maximum atomic E-state index is 12.3. The molecule has 1 heterocycles. The first-order valence-corrected chi connectivity index (χ1v) is 9.63. The third-order valence-electron chi connectivity index (χ3n) is 6.47. The molecule has 6 heteroatoms. The number of benzene rings is 1. The van der Waals surface area contributed by atoms with E-state index in [1.165, 1.54) is 23.7 Å². The van der Waals surface area contributed by atoms with Gasteiger partial charge in [-0.2, -0.15) is 0 Å². The van der Waals surface area contributed by atoms with Crippen molar-refractivity contribution in [2.45, 2.75) is 38.8 Å². The van der Waals surface area contributed by atoms with Crippen molar-refractivity contribution in [2.75, 3.05) is 7.11 Å². The monoisotopic (exact) mass is 369 g/mol. The minimum atomic E-state index is -0.135. The predicted octanol–water partition coefficient (Wildman–Crippen LogP) is 2.87. The van der Waals surface area contributed by atoms with Crippen LogP contribution in [0.3, 0.4) is 0 Å². The van der Waals surface area contributed by atoms with E-state index < -0.39 is 0 Å². The van der Waals surface area contributed by atoms with Crippen LogP contribution in [0.4, 0.5) is 4.79 Å². The van der Waals surface area contributed by atoms with Crippen molar-refractivity contribution in [1.29, 1.82) is 0 Å². The molecule has 27 heavy (non-hydrogen) atoms. The van der Waals surface area contributed by atoms with Gasteiger partial charge < -0.3 is 19.9 Å². The Morgan fingerprint density at radius 1 is 1.22 bits per heavy atom. The van der Waals surface area contributed by atoms with Gasteiger partial charge in [-0.15, -0.1) is 0 Å². The second-order valence-corrected chi connectivity index (χ2v) is 8.02. The number of fused-ring (bicyclic) bond motifs is 2. The number of amides is 2. The van der Waals surface area contributed by atoms with Crippen LogP contribution >= 0.6 is 0 Å². The third-order valence-corrected chi connectivity index (χ3v) is 6.47. The summed E-state index contributed by atoms with van der Waals surface area (Å²) in [6.45, 7) is 2.59. The number of aryl methyl sites for hydroxylation is 2. The van der Waals surface area contributed by atoms with Crippen LogP contribution in [0.15, 0.2) is 24.3 Å². The molecular weight excluding hydrogens is 342 g/mol. The highest BCUT2D eigenvalue weighted by molar-refractivity contribution is 5.82. The number of esters is 1. The summed E-state index contributed by atoms with van der Waals surface area (Å²) >= 11 is 0. The first kappa shape index (κ1) is 17.9. The van der Waals surface area contributed by atoms with E-state index in [2.05, 4.69) is 53.4 Å². The molecule has 2 aliphatic carbocycles. The van der Waals surface area contributed by atoms with Crippen LogP contribution in [-0.2, 0) is 23.1 Å². The van der Waals surface area contributed by atoms with Crippen LogP contribution in [0.2, 0.25) is 0 Å². The average molecular weight is 369 g/mol. The molecule has 2 fully saturated rings. The van der Waals surface area contributed by atoms with E-state index in [0.717, 1.165) is 24.8 Å². The Bertz CT molecular complexity index is 888. The van der Waals surface area contributed by atoms with Crippen LogP contribution in [0.1, 0.15) is 30.5 Å². The highest BCUT2D eigenvalue weighted by atomic mass is 16.5. The Morgan fingerprint density at radius 3 is 2.81 bits per heavy atom. The Labute approximate surface area is 159 Å². The molecule has 4 rings (SSSR count). The lowest BCUT2D eigenvalue weighted by molar-refractivity contribution is -0.145. The van der Waals surface area contributed by atoms with Gasteiger partial charge in [0.15, 0.2) is 0 Å². The Morgan fingerprint density at radius 2 is 2.04 bits per heavy atom. The topological polar surface area (TPSA) is 72.4 Å². The highest BCUT2D eigenvalue weighted by Gasteiger charge is 2.50. The lowest BCUT2D eigenvalue weighted by Crippen LogP contribution is -2.52. The Kier molecular flexibility index (Phi) is 4.58. The summed E-state index contributed by atoms with van der Waals surface area (Å²) < 4.78 is 7.02. The van der Waals surface area contributed by atoms with Crippen LogP contribution < -0.4 is 10.6 Å². The van der Waals surface area contributed by atoms with Crippen LogP contribution in [0.25, 0.3) is 10.9 Å². The number of hydrogen-bond acceptors (Lipinski definition) is 3. The number of ether oxygens (including phenoxy) is 1. The Balaban J connectivity index is 1.29. The van der Waals surface area contributed by atoms with Crippen molar-refractivity contribution in [3.63, 3.8) is 0 Å².